The number of esters is 1. The number of ether oxygens (including phenoxy) is 1. The molecule has 0 spiro atoms. The second kappa shape index (κ2) is 5.72. The van der Waals surface area contributed by atoms with E-state index in [4.69, 9.17) is 4.74 Å². The van der Waals surface area contributed by atoms with Crippen LogP contribution in [-0.2, 0) is 16.0 Å². The molecule has 1 aliphatic carbocycles. The van der Waals surface area contributed by atoms with Gasteiger partial charge in [-0.1, -0.05) is 61.5 Å². The topological polar surface area (TPSA) is 26.3 Å². The number of fused-ring (bicyclic) bond motifs is 1. The molecule has 0 aromatic heterocycles. The minimum absolute atomic E-state index is 0.0820. The average molecular weight is 280 g/mol. The lowest BCUT2D eigenvalue weighted by Gasteiger charge is -2.36. The van der Waals surface area contributed by atoms with Gasteiger partial charge in [-0.25, -0.2) is 0 Å². The zero-order chi connectivity index (χ0) is 14.8. The molecule has 3 atom stereocenters. The number of hydrogen-bond acceptors (Lipinski definition) is 2. The molecule has 0 bridgehead atoms. The third-order valence-corrected chi connectivity index (χ3v) is 4.54. The van der Waals surface area contributed by atoms with Crippen molar-refractivity contribution in [2.24, 2.45) is 11.8 Å². The number of benzene rings is 2. The van der Waals surface area contributed by atoms with E-state index in [0.29, 0.717) is 0 Å². The molecule has 2 aromatic rings. The molecule has 0 heterocycles. The summed E-state index contributed by atoms with van der Waals surface area (Å²) in [4.78, 5) is 12.3. The van der Waals surface area contributed by atoms with E-state index < -0.39 is 0 Å². The Labute approximate surface area is 125 Å². The van der Waals surface area contributed by atoms with Gasteiger partial charge in [0.15, 0.2) is 0 Å². The van der Waals surface area contributed by atoms with Crippen molar-refractivity contribution in [1.29, 1.82) is 0 Å². The van der Waals surface area contributed by atoms with Gasteiger partial charge in [-0.3, -0.25) is 4.79 Å². The Morgan fingerprint density at radius 2 is 1.71 bits per heavy atom. The van der Waals surface area contributed by atoms with Crippen molar-refractivity contribution in [2.75, 3.05) is 7.11 Å². The fourth-order valence-electron chi connectivity index (χ4n) is 3.57. The van der Waals surface area contributed by atoms with E-state index in [2.05, 4.69) is 43.3 Å². The maximum Gasteiger partial charge on any atom is 0.309 e. The van der Waals surface area contributed by atoms with Crippen LogP contribution in [0.4, 0.5) is 0 Å². The minimum atomic E-state index is -0.118. The first-order valence-electron chi connectivity index (χ1n) is 7.43. The fourth-order valence-corrected chi connectivity index (χ4v) is 3.57. The van der Waals surface area contributed by atoms with Gasteiger partial charge in [-0.2, -0.15) is 0 Å². The molecule has 1 aliphatic rings. The van der Waals surface area contributed by atoms with E-state index in [9.17, 15) is 4.79 Å². The minimum Gasteiger partial charge on any atom is -0.469 e. The SMILES string of the molecule is COC(=O)[C@@H]1[C@@H](c2ccccc2)c2ccccc2C[C@H]1C. The summed E-state index contributed by atoms with van der Waals surface area (Å²) in [5.74, 6) is 0.134. The summed E-state index contributed by atoms with van der Waals surface area (Å²) in [6.07, 6.45) is 0.930. The van der Waals surface area contributed by atoms with Crippen LogP contribution in [0.1, 0.15) is 29.5 Å². The van der Waals surface area contributed by atoms with Crippen molar-refractivity contribution in [3.05, 3.63) is 71.3 Å². The fraction of sp³-hybridized carbons (Fsp3) is 0.316. The highest BCUT2D eigenvalue weighted by molar-refractivity contribution is 5.75. The second-order valence-corrected chi connectivity index (χ2v) is 5.82. The third kappa shape index (κ3) is 2.46. The zero-order valence-corrected chi connectivity index (χ0v) is 12.5. The third-order valence-electron chi connectivity index (χ3n) is 4.54. The highest BCUT2D eigenvalue weighted by atomic mass is 16.5. The van der Waals surface area contributed by atoms with Gasteiger partial charge in [0.2, 0.25) is 0 Å². The van der Waals surface area contributed by atoms with E-state index in [1.165, 1.54) is 23.8 Å². The van der Waals surface area contributed by atoms with Crippen LogP contribution in [0.2, 0.25) is 0 Å². The summed E-state index contributed by atoms with van der Waals surface area (Å²) < 4.78 is 5.09. The van der Waals surface area contributed by atoms with Gasteiger partial charge in [0, 0.05) is 5.92 Å². The normalized spacial score (nSPS) is 24.2. The lowest BCUT2D eigenvalue weighted by Crippen LogP contribution is -2.35. The van der Waals surface area contributed by atoms with Gasteiger partial charge >= 0.3 is 5.97 Å². The monoisotopic (exact) mass is 280 g/mol. The van der Waals surface area contributed by atoms with Gasteiger partial charge in [-0.05, 0) is 29.0 Å². The maximum absolute atomic E-state index is 12.3. The Balaban J connectivity index is 2.15. The average Bonchev–Trinajstić information content (AvgIpc) is 2.53. The zero-order valence-electron chi connectivity index (χ0n) is 12.5. The summed E-state index contributed by atoms with van der Waals surface area (Å²) in [7, 11) is 1.48. The van der Waals surface area contributed by atoms with Gasteiger partial charge in [0.1, 0.15) is 0 Å². The molecule has 21 heavy (non-hydrogen) atoms. The van der Waals surface area contributed by atoms with Crippen LogP contribution in [0, 0.1) is 11.8 Å². The van der Waals surface area contributed by atoms with Crippen molar-refractivity contribution in [3.8, 4) is 0 Å². The molecule has 2 nitrogen and oxygen atoms in total. The van der Waals surface area contributed by atoms with E-state index in [-0.39, 0.29) is 23.7 Å². The molecule has 0 fully saturated rings. The summed E-state index contributed by atoms with van der Waals surface area (Å²) in [6.45, 7) is 2.15. The number of carbonyl (C=O) groups excluding carboxylic acids is 1. The Hall–Kier alpha value is -2.09. The highest BCUT2D eigenvalue weighted by Gasteiger charge is 2.40. The van der Waals surface area contributed by atoms with Crippen LogP contribution in [0.5, 0.6) is 0 Å². The Kier molecular flexibility index (Phi) is 3.78. The van der Waals surface area contributed by atoms with Crippen LogP contribution < -0.4 is 0 Å². The molecule has 2 aromatic carbocycles. The molecule has 0 saturated carbocycles. The first kappa shape index (κ1) is 13.9. The van der Waals surface area contributed by atoms with Crippen molar-refractivity contribution in [3.63, 3.8) is 0 Å². The van der Waals surface area contributed by atoms with E-state index in [0.717, 1.165) is 6.42 Å². The van der Waals surface area contributed by atoms with Gasteiger partial charge in [0.05, 0.1) is 13.0 Å². The number of carbonyl (C=O) groups is 1. The lowest BCUT2D eigenvalue weighted by molar-refractivity contribution is -0.148. The van der Waals surface area contributed by atoms with Gasteiger partial charge in [0.25, 0.3) is 0 Å². The Morgan fingerprint density at radius 3 is 2.43 bits per heavy atom. The molecule has 0 unspecified atom stereocenters. The molecule has 0 saturated heterocycles. The van der Waals surface area contributed by atoms with Crippen molar-refractivity contribution in [1.82, 2.24) is 0 Å². The quantitative estimate of drug-likeness (QED) is 0.782. The van der Waals surface area contributed by atoms with Crippen LogP contribution in [0.25, 0.3) is 0 Å². The van der Waals surface area contributed by atoms with Crippen molar-refractivity contribution < 1.29 is 9.53 Å². The maximum atomic E-state index is 12.3. The molecular weight excluding hydrogens is 260 g/mol. The first-order valence-corrected chi connectivity index (χ1v) is 7.43. The molecule has 0 radical (unpaired) electrons. The summed E-state index contributed by atoms with van der Waals surface area (Å²) >= 11 is 0. The largest absolute Gasteiger partial charge is 0.469 e. The van der Waals surface area contributed by atoms with Crippen LogP contribution in [-0.4, -0.2) is 13.1 Å². The highest BCUT2D eigenvalue weighted by Crippen LogP contribution is 2.44. The Bertz CT molecular complexity index is 633. The van der Waals surface area contributed by atoms with Gasteiger partial charge in [-0.15, -0.1) is 0 Å². The first-order chi connectivity index (χ1) is 10.2. The van der Waals surface area contributed by atoms with Crippen LogP contribution in [0.3, 0.4) is 0 Å². The van der Waals surface area contributed by atoms with Crippen LogP contribution >= 0.6 is 0 Å². The summed E-state index contributed by atoms with van der Waals surface area (Å²) in [5, 5.41) is 0. The number of methoxy groups -OCH3 is 1. The molecule has 108 valence electrons. The summed E-state index contributed by atoms with van der Waals surface area (Å²) in [5.41, 5.74) is 3.79. The van der Waals surface area contributed by atoms with E-state index >= 15 is 0 Å². The standard InChI is InChI=1S/C19H20O2/c1-13-12-15-10-6-7-11-16(15)18(17(13)19(20)21-2)14-8-4-3-5-9-14/h3-11,13,17-18H,12H2,1-2H3/t13-,17+,18+/m1/s1. The molecular formula is C19H20O2. The number of hydrogen-bond donors (Lipinski definition) is 0. The van der Waals surface area contributed by atoms with E-state index in [1.807, 2.05) is 18.2 Å². The molecule has 0 amide bonds. The van der Waals surface area contributed by atoms with E-state index in [1.54, 1.807) is 0 Å². The van der Waals surface area contributed by atoms with Gasteiger partial charge < -0.3 is 4.74 Å². The molecule has 0 N–H and O–H groups in total. The summed E-state index contributed by atoms with van der Waals surface area (Å²) in [6, 6.07) is 18.7. The van der Waals surface area contributed by atoms with Crippen molar-refractivity contribution in [2.45, 2.75) is 19.3 Å². The lowest BCUT2D eigenvalue weighted by atomic mass is 9.67. The Morgan fingerprint density at radius 1 is 1.05 bits per heavy atom. The van der Waals surface area contributed by atoms with Crippen molar-refractivity contribution >= 4 is 5.97 Å². The molecule has 2 heteroatoms. The molecule has 3 rings (SSSR count). The smallest absolute Gasteiger partial charge is 0.309 e. The number of rotatable bonds is 2. The second-order valence-electron chi connectivity index (χ2n) is 5.82. The predicted octanol–water partition coefficient (Wildman–Crippen LogP) is 3.80. The molecule has 0 aliphatic heterocycles. The predicted molar refractivity (Wildman–Crippen MR) is 83.1 cm³/mol. The van der Waals surface area contributed by atoms with Crippen LogP contribution in [0.15, 0.2) is 54.6 Å².